The molecule has 0 spiro atoms. The summed E-state index contributed by atoms with van der Waals surface area (Å²) in [5.74, 6) is 0.996. The molecule has 3 aromatic carbocycles. The van der Waals surface area contributed by atoms with Crippen molar-refractivity contribution in [3.63, 3.8) is 0 Å². The SMILES string of the molecule is COc1ccccc1NC(=O)c1cccc(NS(=O)(=O)c2ccc3c(c2)OCCO3)c1. The Bertz CT molecular complexity index is 1230. The van der Waals surface area contributed by atoms with Crippen LogP contribution < -0.4 is 24.2 Å². The molecule has 0 bridgehead atoms. The topological polar surface area (TPSA) is 103 Å². The summed E-state index contributed by atoms with van der Waals surface area (Å²) in [5.41, 5.74) is 1.05. The van der Waals surface area contributed by atoms with Gasteiger partial charge in [0.15, 0.2) is 11.5 Å². The molecule has 1 aliphatic heterocycles. The zero-order chi connectivity index (χ0) is 21.8. The fraction of sp³-hybridized carbons (Fsp3) is 0.136. The second-order valence-electron chi connectivity index (χ2n) is 6.65. The molecule has 0 unspecified atom stereocenters. The van der Waals surface area contributed by atoms with E-state index in [2.05, 4.69) is 10.0 Å². The van der Waals surface area contributed by atoms with Gasteiger partial charge in [-0.15, -0.1) is 0 Å². The van der Waals surface area contributed by atoms with Crippen molar-refractivity contribution in [1.29, 1.82) is 0 Å². The number of amides is 1. The Morgan fingerprint density at radius 2 is 1.71 bits per heavy atom. The van der Waals surface area contributed by atoms with Gasteiger partial charge in [0.2, 0.25) is 0 Å². The number of hydrogen-bond acceptors (Lipinski definition) is 6. The van der Waals surface area contributed by atoms with Crippen LogP contribution >= 0.6 is 0 Å². The van der Waals surface area contributed by atoms with Crippen LogP contribution in [0.15, 0.2) is 71.6 Å². The van der Waals surface area contributed by atoms with Gasteiger partial charge in [0, 0.05) is 17.3 Å². The van der Waals surface area contributed by atoms with Crippen molar-refractivity contribution < 1.29 is 27.4 Å². The lowest BCUT2D eigenvalue weighted by Gasteiger charge is -2.19. The third-order valence-corrected chi connectivity index (χ3v) is 5.94. The molecule has 0 fully saturated rings. The molecule has 0 radical (unpaired) electrons. The Labute approximate surface area is 179 Å². The predicted octanol–water partition coefficient (Wildman–Crippen LogP) is 3.52. The molecule has 31 heavy (non-hydrogen) atoms. The van der Waals surface area contributed by atoms with Crippen LogP contribution in [0.1, 0.15) is 10.4 Å². The van der Waals surface area contributed by atoms with Gasteiger partial charge in [0.05, 0.1) is 17.7 Å². The van der Waals surface area contributed by atoms with Crippen molar-refractivity contribution in [2.45, 2.75) is 4.90 Å². The number of fused-ring (bicyclic) bond motifs is 1. The minimum Gasteiger partial charge on any atom is -0.495 e. The molecular formula is C22H20N2O6S. The molecule has 1 aliphatic rings. The monoisotopic (exact) mass is 440 g/mol. The van der Waals surface area contributed by atoms with Gasteiger partial charge in [-0.2, -0.15) is 0 Å². The molecule has 8 nitrogen and oxygen atoms in total. The zero-order valence-electron chi connectivity index (χ0n) is 16.6. The van der Waals surface area contributed by atoms with E-state index in [1.807, 2.05) is 0 Å². The van der Waals surface area contributed by atoms with Gasteiger partial charge < -0.3 is 19.5 Å². The second-order valence-corrected chi connectivity index (χ2v) is 8.33. The number of hydrogen-bond donors (Lipinski definition) is 2. The van der Waals surface area contributed by atoms with Crippen LogP contribution in [0.2, 0.25) is 0 Å². The molecule has 2 N–H and O–H groups in total. The summed E-state index contributed by atoms with van der Waals surface area (Å²) >= 11 is 0. The van der Waals surface area contributed by atoms with Gasteiger partial charge in [0.1, 0.15) is 19.0 Å². The van der Waals surface area contributed by atoms with Gasteiger partial charge in [-0.25, -0.2) is 8.42 Å². The predicted molar refractivity (Wildman–Crippen MR) is 116 cm³/mol. The highest BCUT2D eigenvalue weighted by atomic mass is 32.2. The maximum absolute atomic E-state index is 12.8. The van der Waals surface area contributed by atoms with Crippen LogP contribution in [0.25, 0.3) is 0 Å². The van der Waals surface area contributed by atoms with E-state index in [-0.39, 0.29) is 16.1 Å². The molecule has 4 rings (SSSR count). The first-order valence-corrected chi connectivity index (χ1v) is 10.9. The van der Waals surface area contributed by atoms with Gasteiger partial charge in [0.25, 0.3) is 15.9 Å². The van der Waals surface area contributed by atoms with Crippen molar-refractivity contribution in [3.05, 3.63) is 72.3 Å². The number of anilines is 2. The molecule has 160 valence electrons. The lowest BCUT2D eigenvalue weighted by molar-refractivity contribution is 0.102. The van der Waals surface area contributed by atoms with Crippen LogP contribution in [-0.4, -0.2) is 34.6 Å². The maximum atomic E-state index is 12.8. The van der Waals surface area contributed by atoms with Crippen molar-refractivity contribution in [2.75, 3.05) is 30.4 Å². The summed E-state index contributed by atoms with van der Waals surface area (Å²) in [6.45, 7) is 0.772. The van der Waals surface area contributed by atoms with E-state index < -0.39 is 15.9 Å². The van der Waals surface area contributed by atoms with Crippen LogP contribution in [0, 0.1) is 0 Å². The fourth-order valence-electron chi connectivity index (χ4n) is 3.07. The third-order valence-electron chi connectivity index (χ3n) is 4.56. The Kier molecular flexibility index (Phi) is 5.68. The first kappa shape index (κ1) is 20.5. The Hall–Kier alpha value is -3.72. The normalized spacial score (nSPS) is 12.7. The van der Waals surface area contributed by atoms with Crippen molar-refractivity contribution in [2.24, 2.45) is 0 Å². The molecule has 1 amide bonds. The zero-order valence-corrected chi connectivity index (χ0v) is 17.4. The van der Waals surface area contributed by atoms with E-state index in [1.165, 1.54) is 25.3 Å². The van der Waals surface area contributed by atoms with Gasteiger partial charge in [-0.3, -0.25) is 9.52 Å². The molecule has 0 saturated heterocycles. The van der Waals surface area contributed by atoms with Gasteiger partial charge in [-0.05, 0) is 42.5 Å². The Morgan fingerprint density at radius 3 is 2.52 bits per heavy atom. The Balaban J connectivity index is 1.53. The molecule has 0 atom stereocenters. The summed E-state index contributed by atoms with van der Waals surface area (Å²) in [6, 6.07) is 17.6. The standard InChI is InChI=1S/C22H20N2O6S/c1-28-19-8-3-2-7-18(19)23-22(25)15-5-4-6-16(13-15)24-31(26,27)17-9-10-20-21(14-17)30-12-11-29-20/h2-10,13-14,24H,11-12H2,1H3,(H,23,25). The highest BCUT2D eigenvalue weighted by Crippen LogP contribution is 2.33. The fourth-order valence-corrected chi connectivity index (χ4v) is 4.14. The van der Waals surface area contributed by atoms with Crippen LogP contribution in [-0.2, 0) is 10.0 Å². The van der Waals surface area contributed by atoms with E-state index in [0.717, 1.165) is 0 Å². The largest absolute Gasteiger partial charge is 0.495 e. The molecule has 3 aromatic rings. The number of sulfonamides is 1. The molecular weight excluding hydrogens is 420 g/mol. The third kappa shape index (κ3) is 4.56. The summed E-state index contributed by atoms with van der Waals surface area (Å²) in [5, 5.41) is 2.76. The molecule has 9 heteroatoms. The number of ether oxygens (including phenoxy) is 3. The van der Waals surface area contributed by atoms with E-state index in [4.69, 9.17) is 14.2 Å². The van der Waals surface area contributed by atoms with Crippen LogP contribution in [0.3, 0.4) is 0 Å². The summed E-state index contributed by atoms with van der Waals surface area (Å²) in [7, 11) is -2.38. The summed E-state index contributed by atoms with van der Waals surface area (Å²) in [6.07, 6.45) is 0. The second kappa shape index (κ2) is 8.57. The van der Waals surface area contributed by atoms with Crippen LogP contribution in [0.5, 0.6) is 17.2 Å². The Morgan fingerprint density at radius 1 is 0.935 bits per heavy atom. The number of carbonyl (C=O) groups excluding carboxylic acids is 1. The minimum absolute atomic E-state index is 0.0284. The smallest absolute Gasteiger partial charge is 0.262 e. The number of nitrogens with one attached hydrogen (secondary N) is 2. The minimum atomic E-state index is -3.90. The number of rotatable bonds is 6. The van der Waals surface area contributed by atoms with Gasteiger partial charge >= 0.3 is 0 Å². The van der Waals surface area contributed by atoms with Crippen LogP contribution in [0.4, 0.5) is 11.4 Å². The highest BCUT2D eigenvalue weighted by molar-refractivity contribution is 7.92. The van der Waals surface area contributed by atoms with Gasteiger partial charge in [-0.1, -0.05) is 18.2 Å². The maximum Gasteiger partial charge on any atom is 0.262 e. The van der Waals surface area contributed by atoms with Crippen molar-refractivity contribution in [3.8, 4) is 17.2 Å². The molecule has 1 heterocycles. The van der Waals surface area contributed by atoms with Crippen molar-refractivity contribution in [1.82, 2.24) is 0 Å². The average molecular weight is 440 g/mol. The highest BCUT2D eigenvalue weighted by Gasteiger charge is 2.20. The van der Waals surface area contributed by atoms with Crippen molar-refractivity contribution >= 4 is 27.3 Å². The number of carbonyl (C=O) groups is 1. The number of benzene rings is 3. The molecule has 0 aliphatic carbocycles. The molecule has 0 aromatic heterocycles. The number of methoxy groups -OCH3 is 1. The summed E-state index contributed by atoms with van der Waals surface area (Å²) < 4.78 is 44.2. The lowest BCUT2D eigenvalue weighted by atomic mass is 10.2. The number of para-hydroxylation sites is 2. The van der Waals surface area contributed by atoms with E-state index in [0.29, 0.717) is 36.1 Å². The first-order chi connectivity index (χ1) is 15.0. The van der Waals surface area contributed by atoms with E-state index in [9.17, 15) is 13.2 Å². The summed E-state index contributed by atoms with van der Waals surface area (Å²) in [4.78, 5) is 12.7. The van der Waals surface area contributed by atoms with E-state index >= 15 is 0 Å². The lowest BCUT2D eigenvalue weighted by Crippen LogP contribution is -2.18. The average Bonchev–Trinajstić information content (AvgIpc) is 2.79. The quantitative estimate of drug-likeness (QED) is 0.608. The first-order valence-electron chi connectivity index (χ1n) is 9.43. The molecule has 0 saturated carbocycles. The van der Waals surface area contributed by atoms with E-state index in [1.54, 1.807) is 48.5 Å².